The second-order valence-electron chi connectivity index (χ2n) is 7.37. The molecular formula is C17H24FN3O3. The summed E-state index contributed by atoms with van der Waals surface area (Å²) in [6.07, 6.45) is 0.956. The zero-order valence-electron chi connectivity index (χ0n) is 14.4. The first-order valence-electron chi connectivity index (χ1n) is 8.24. The predicted octanol–water partition coefficient (Wildman–Crippen LogP) is 2.04. The molecule has 0 saturated carbocycles. The van der Waals surface area contributed by atoms with Gasteiger partial charge < -0.3 is 14.4 Å². The van der Waals surface area contributed by atoms with Crippen molar-refractivity contribution in [1.82, 2.24) is 14.8 Å². The van der Waals surface area contributed by atoms with Gasteiger partial charge in [-0.2, -0.15) is 0 Å². The first-order chi connectivity index (χ1) is 11.3. The van der Waals surface area contributed by atoms with Gasteiger partial charge in [0.1, 0.15) is 11.4 Å². The maximum absolute atomic E-state index is 13.0. The van der Waals surface area contributed by atoms with Crippen LogP contribution in [0.3, 0.4) is 0 Å². The Hall–Kier alpha value is -1.73. The van der Waals surface area contributed by atoms with E-state index in [1.807, 2.05) is 20.8 Å². The number of halogens is 1. The summed E-state index contributed by atoms with van der Waals surface area (Å²) in [6.45, 7) is 8.48. The Labute approximate surface area is 141 Å². The highest BCUT2D eigenvalue weighted by molar-refractivity contribution is 5.68. The summed E-state index contributed by atoms with van der Waals surface area (Å²) >= 11 is 0. The van der Waals surface area contributed by atoms with E-state index in [0.29, 0.717) is 32.8 Å². The van der Waals surface area contributed by atoms with Crippen molar-refractivity contribution in [2.24, 2.45) is 0 Å². The molecule has 0 spiro atoms. The van der Waals surface area contributed by atoms with Crippen LogP contribution in [0, 0.1) is 5.82 Å². The van der Waals surface area contributed by atoms with Crippen molar-refractivity contribution in [3.63, 3.8) is 0 Å². The minimum atomic E-state index is -0.502. The molecule has 2 aliphatic heterocycles. The van der Waals surface area contributed by atoms with Gasteiger partial charge in [0.15, 0.2) is 0 Å². The molecule has 0 aromatic carbocycles. The van der Waals surface area contributed by atoms with Gasteiger partial charge in [-0.15, -0.1) is 0 Å². The molecule has 2 fully saturated rings. The van der Waals surface area contributed by atoms with Crippen LogP contribution in [0.5, 0.6) is 0 Å². The zero-order valence-corrected chi connectivity index (χ0v) is 14.4. The summed E-state index contributed by atoms with van der Waals surface area (Å²) in [6, 6.07) is 3.31. The summed E-state index contributed by atoms with van der Waals surface area (Å²) in [5.74, 6) is -0.336. The predicted molar refractivity (Wildman–Crippen MR) is 85.9 cm³/mol. The van der Waals surface area contributed by atoms with Gasteiger partial charge >= 0.3 is 6.09 Å². The lowest BCUT2D eigenvalue weighted by Gasteiger charge is -2.49. The van der Waals surface area contributed by atoms with E-state index in [-0.39, 0.29) is 24.0 Å². The molecule has 2 atom stereocenters. The number of carbonyl (C=O) groups excluding carboxylic acids is 1. The average molecular weight is 337 g/mol. The Morgan fingerprint density at radius 3 is 2.54 bits per heavy atom. The van der Waals surface area contributed by atoms with Crippen LogP contribution < -0.4 is 0 Å². The molecule has 0 unspecified atom stereocenters. The van der Waals surface area contributed by atoms with Crippen LogP contribution in [0.25, 0.3) is 0 Å². The standard InChI is InChI=1S/C17H24FN3O3/c1-17(2,3)24-16(22)20-8-14-10-23-11-15(9-20)21(14)7-13-5-4-12(18)6-19-13/h4-6,14-15H,7-11H2,1-3H3/t14-,15+. The lowest BCUT2D eigenvalue weighted by Crippen LogP contribution is -2.65. The van der Waals surface area contributed by atoms with E-state index in [9.17, 15) is 9.18 Å². The molecule has 1 amide bonds. The summed E-state index contributed by atoms with van der Waals surface area (Å²) in [7, 11) is 0. The number of rotatable bonds is 2. The topological polar surface area (TPSA) is 54.9 Å². The van der Waals surface area contributed by atoms with E-state index in [4.69, 9.17) is 9.47 Å². The number of morpholine rings is 1. The van der Waals surface area contributed by atoms with Crippen molar-refractivity contribution < 1.29 is 18.7 Å². The quantitative estimate of drug-likeness (QED) is 0.827. The van der Waals surface area contributed by atoms with E-state index in [0.717, 1.165) is 5.69 Å². The third kappa shape index (κ3) is 4.02. The fourth-order valence-corrected chi connectivity index (χ4v) is 3.15. The van der Waals surface area contributed by atoms with Crippen LogP contribution >= 0.6 is 0 Å². The van der Waals surface area contributed by atoms with Crippen molar-refractivity contribution in [1.29, 1.82) is 0 Å². The highest BCUT2D eigenvalue weighted by Gasteiger charge is 2.40. The SMILES string of the molecule is CC(C)(C)OC(=O)N1C[C@H]2COC[C@@H](C1)N2Cc1ccc(F)cn1. The molecule has 7 heteroatoms. The minimum absolute atomic E-state index is 0.0943. The summed E-state index contributed by atoms with van der Waals surface area (Å²) in [5, 5.41) is 0. The Morgan fingerprint density at radius 2 is 2.00 bits per heavy atom. The number of hydrogen-bond donors (Lipinski definition) is 0. The van der Waals surface area contributed by atoms with Crippen LogP contribution in [0.2, 0.25) is 0 Å². The summed E-state index contributed by atoms with van der Waals surface area (Å²) < 4.78 is 24.2. The van der Waals surface area contributed by atoms with Crippen LogP contribution in [-0.2, 0) is 16.0 Å². The number of amides is 1. The minimum Gasteiger partial charge on any atom is -0.444 e. The number of pyridine rings is 1. The normalized spacial score (nSPS) is 24.8. The number of aromatic nitrogens is 1. The molecule has 24 heavy (non-hydrogen) atoms. The second-order valence-corrected chi connectivity index (χ2v) is 7.37. The van der Waals surface area contributed by atoms with Crippen LogP contribution in [0.1, 0.15) is 26.5 Å². The molecule has 2 bridgehead atoms. The number of carbonyl (C=O) groups is 1. The molecule has 2 aliphatic rings. The molecule has 0 radical (unpaired) electrons. The van der Waals surface area contributed by atoms with Gasteiger partial charge in [0.2, 0.25) is 0 Å². The van der Waals surface area contributed by atoms with Gasteiger partial charge in [-0.05, 0) is 32.9 Å². The summed E-state index contributed by atoms with van der Waals surface area (Å²) in [5.41, 5.74) is 0.316. The van der Waals surface area contributed by atoms with Gasteiger partial charge in [-0.3, -0.25) is 9.88 Å². The number of hydrogen-bond acceptors (Lipinski definition) is 5. The van der Waals surface area contributed by atoms with Crippen molar-refractivity contribution in [3.8, 4) is 0 Å². The number of ether oxygens (including phenoxy) is 2. The maximum Gasteiger partial charge on any atom is 0.410 e. The molecule has 6 nitrogen and oxygen atoms in total. The van der Waals surface area contributed by atoms with Gasteiger partial charge in [-0.25, -0.2) is 9.18 Å². The van der Waals surface area contributed by atoms with Gasteiger partial charge in [0.25, 0.3) is 0 Å². The monoisotopic (exact) mass is 337 g/mol. The van der Waals surface area contributed by atoms with E-state index < -0.39 is 5.60 Å². The van der Waals surface area contributed by atoms with Gasteiger partial charge in [0.05, 0.1) is 37.2 Å². The fraction of sp³-hybridized carbons (Fsp3) is 0.647. The molecule has 1 aromatic rings. The van der Waals surface area contributed by atoms with Crippen molar-refractivity contribution in [2.45, 2.75) is 45.0 Å². The number of piperazine rings is 1. The third-order valence-corrected chi connectivity index (χ3v) is 4.21. The zero-order chi connectivity index (χ0) is 17.3. The van der Waals surface area contributed by atoms with E-state index in [2.05, 4.69) is 9.88 Å². The van der Waals surface area contributed by atoms with E-state index in [1.165, 1.54) is 12.3 Å². The average Bonchev–Trinajstić information content (AvgIpc) is 2.47. The highest BCUT2D eigenvalue weighted by Crippen LogP contribution is 2.24. The van der Waals surface area contributed by atoms with E-state index in [1.54, 1.807) is 11.0 Å². The Balaban J connectivity index is 1.67. The van der Waals surface area contributed by atoms with Crippen molar-refractivity contribution in [3.05, 3.63) is 29.8 Å². The molecule has 3 heterocycles. The van der Waals surface area contributed by atoms with E-state index >= 15 is 0 Å². The largest absolute Gasteiger partial charge is 0.444 e. The smallest absolute Gasteiger partial charge is 0.410 e. The van der Waals surface area contributed by atoms with Crippen LogP contribution in [-0.4, -0.2) is 64.9 Å². The lowest BCUT2D eigenvalue weighted by molar-refractivity contribution is -0.101. The number of nitrogens with zero attached hydrogens (tertiary/aromatic N) is 3. The fourth-order valence-electron chi connectivity index (χ4n) is 3.15. The van der Waals surface area contributed by atoms with Crippen LogP contribution in [0.4, 0.5) is 9.18 Å². The summed E-state index contributed by atoms with van der Waals surface area (Å²) in [4.78, 5) is 20.5. The first-order valence-corrected chi connectivity index (χ1v) is 8.24. The molecule has 0 N–H and O–H groups in total. The first kappa shape index (κ1) is 17.1. The maximum atomic E-state index is 13.0. The lowest BCUT2D eigenvalue weighted by atomic mass is 10.0. The molecule has 132 valence electrons. The Kier molecular flexibility index (Phi) is 4.73. The van der Waals surface area contributed by atoms with Gasteiger partial charge in [0, 0.05) is 19.6 Å². The highest BCUT2D eigenvalue weighted by atomic mass is 19.1. The van der Waals surface area contributed by atoms with Crippen molar-refractivity contribution >= 4 is 6.09 Å². The number of fused-ring (bicyclic) bond motifs is 2. The third-order valence-electron chi connectivity index (χ3n) is 4.21. The second kappa shape index (κ2) is 6.64. The van der Waals surface area contributed by atoms with Crippen molar-refractivity contribution in [2.75, 3.05) is 26.3 Å². The molecule has 2 saturated heterocycles. The molecule has 1 aromatic heterocycles. The Bertz CT molecular complexity index is 574. The molecule has 3 rings (SSSR count). The molecular weight excluding hydrogens is 313 g/mol. The van der Waals surface area contributed by atoms with Gasteiger partial charge in [-0.1, -0.05) is 0 Å². The van der Waals surface area contributed by atoms with Crippen LogP contribution in [0.15, 0.2) is 18.3 Å². The Morgan fingerprint density at radius 1 is 1.33 bits per heavy atom. The molecule has 0 aliphatic carbocycles.